The summed E-state index contributed by atoms with van der Waals surface area (Å²) < 4.78 is 1.99. The van der Waals surface area contributed by atoms with Gasteiger partial charge in [-0.2, -0.15) is 0 Å². The zero-order valence-corrected chi connectivity index (χ0v) is 16.9. The first kappa shape index (κ1) is 19.5. The van der Waals surface area contributed by atoms with Gasteiger partial charge in [-0.1, -0.05) is 29.8 Å². The molecule has 6 nitrogen and oxygen atoms in total. The average molecular weight is 471 g/mol. The maximum atomic E-state index is 5.89. The number of guanidine groups is 1. The number of nitrogens with one attached hydrogen (secondary N) is 2. The van der Waals surface area contributed by atoms with E-state index in [1.165, 1.54) is 0 Å². The molecule has 2 aromatic heterocycles. The van der Waals surface area contributed by atoms with Crippen molar-refractivity contribution in [1.82, 2.24) is 25.2 Å². The van der Waals surface area contributed by atoms with Gasteiger partial charge in [-0.05, 0) is 29.8 Å². The van der Waals surface area contributed by atoms with E-state index in [-0.39, 0.29) is 24.0 Å². The van der Waals surface area contributed by atoms with Crippen LogP contribution in [0.2, 0.25) is 5.02 Å². The molecule has 1 aromatic carbocycles. The number of pyridine rings is 1. The highest BCUT2D eigenvalue weighted by Gasteiger charge is 2.05. The van der Waals surface area contributed by atoms with Gasteiger partial charge < -0.3 is 10.6 Å². The average Bonchev–Trinajstić information content (AvgIpc) is 3.02. The smallest absolute Gasteiger partial charge is 0.191 e. The third-order valence-electron chi connectivity index (χ3n) is 3.62. The summed E-state index contributed by atoms with van der Waals surface area (Å²) in [7, 11) is 1.75. The maximum Gasteiger partial charge on any atom is 0.191 e. The largest absolute Gasteiger partial charge is 0.356 e. The Morgan fingerprint density at radius 3 is 2.68 bits per heavy atom. The van der Waals surface area contributed by atoms with Crippen LogP contribution in [0.5, 0.6) is 0 Å². The molecule has 0 amide bonds. The molecule has 0 spiro atoms. The van der Waals surface area contributed by atoms with Crippen LogP contribution in [0.1, 0.15) is 11.4 Å². The van der Waals surface area contributed by atoms with Gasteiger partial charge in [0.25, 0.3) is 0 Å². The molecule has 3 aromatic rings. The van der Waals surface area contributed by atoms with Crippen LogP contribution < -0.4 is 10.6 Å². The SMILES string of the molecule is CN=C(NCCc1nnc2ccccn12)NCc1ccc(Cl)cc1.I. The second-order valence-electron chi connectivity index (χ2n) is 5.27. The van der Waals surface area contributed by atoms with E-state index in [4.69, 9.17) is 11.6 Å². The lowest BCUT2D eigenvalue weighted by atomic mass is 10.2. The van der Waals surface area contributed by atoms with E-state index >= 15 is 0 Å². The number of nitrogens with zero attached hydrogens (tertiary/aromatic N) is 4. The molecular weight excluding hydrogens is 451 g/mol. The van der Waals surface area contributed by atoms with Gasteiger partial charge >= 0.3 is 0 Å². The Labute approximate surface area is 168 Å². The Hall–Kier alpha value is -1.87. The zero-order chi connectivity index (χ0) is 16.8. The summed E-state index contributed by atoms with van der Waals surface area (Å²) in [6.07, 6.45) is 2.73. The first-order valence-corrected chi connectivity index (χ1v) is 8.11. The molecule has 0 saturated heterocycles. The number of hydrogen-bond acceptors (Lipinski definition) is 3. The Morgan fingerprint density at radius 1 is 1.12 bits per heavy atom. The molecule has 3 rings (SSSR count). The summed E-state index contributed by atoms with van der Waals surface area (Å²) in [5.41, 5.74) is 2.00. The number of benzene rings is 1. The minimum Gasteiger partial charge on any atom is -0.356 e. The van der Waals surface area contributed by atoms with Crippen molar-refractivity contribution >= 4 is 47.2 Å². The summed E-state index contributed by atoms with van der Waals surface area (Å²) in [4.78, 5) is 4.23. The predicted octanol–water partition coefficient (Wildman–Crippen LogP) is 2.91. The van der Waals surface area contributed by atoms with Crippen molar-refractivity contribution in [3.8, 4) is 0 Å². The summed E-state index contributed by atoms with van der Waals surface area (Å²) in [5.74, 6) is 1.67. The van der Waals surface area contributed by atoms with Crippen molar-refractivity contribution in [1.29, 1.82) is 0 Å². The van der Waals surface area contributed by atoms with Crippen LogP contribution in [-0.4, -0.2) is 34.2 Å². The molecule has 0 unspecified atom stereocenters. The number of hydrogen-bond donors (Lipinski definition) is 2. The molecule has 132 valence electrons. The molecule has 0 aliphatic carbocycles. The third-order valence-corrected chi connectivity index (χ3v) is 3.87. The highest BCUT2D eigenvalue weighted by Crippen LogP contribution is 2.09. The molecule has 25 heavy (non-hydrogen) atoms. The van der Waals surface area contributed by atoms with E-state index in [0.717, 1.165) is 41.0 Å². The van der Waals surface area contributed by atoms with Gasteiger partial charge in [0, 0.05) is 37.8 Å². The predicted molar refractivity (Wildman–Crippen MR) is 112 cm³/mol. The van der Waals surface area contributed by atoms with E-state index in [9.17, 15) is 0 Å². The molecule has 0 bridgehead atoms. The minimum absolute atomic E-state index is 0. The normalized spacial score (nSPS) is 11.2. The number of rotatable bonds is 5. The lowest BCUT2D eigenvalue weighted by Crippen LogP contribution is -2.38. The van der Waals surface area contributed by atoms with Crippen molar-refractivity contribution < 1.29 is 0 Å². The van der Waals surface area contributed by atoms with Crippen molar-refractivity contribution in [3.05, 3.63) is 65.1 Å². The first-order valence-electron chi connectivity index (χ1n) is 7.74. The first-order chi connectivity index (χ1) is 11.8. The van der Waals surface area contributed by atoms with Gasteiger partial charge in [0.15, 0.2) is 11.6 Å². The lowest BCUT2D eigenvalue weighted by molar-refractivity contribution is 0.761. The van der Waals surface area contributed by atoms with Gasteiger partial charge in [-0.3, -0.25) is 9.39 Å². The van der Waals surface area contributed by atoms with Gasteiger partial charge in [0.2, 0.25) is 0 Å². The van der Waals surface area contributed by atoms with Gasteiger partial charge in [0.05, 0.1) is 0 Å². The molecule has 0 aliphatic rings. The fourth-order valence-corrected chi connectivity index (χ4v) is 2.49. The number of fused-ring (bicyclic) bond motifs is 1. The zero-order valence-electron chi connectivity index (χ0n) is 13.8. The molecule has 0 atom stereocenters. The summed E-state index contributed by atoms with van der Waals surface area (Å²) in [6.45, 7) is 1.40. The van der Waals surface area contributed by atoms with E-state index in [1.54, 1.807) is 7.05 Å². The van der Waals surface area contributed by atoms with Crippen molar-refractivity contribution in [2.45, 2.75) is 13.0 Å². The summed E-state index contributed by atoms with van der Waals surface area (Å²) in [6, 6.07) is 13.6. The fourth-order valence-electron chi connectivity index (χ4n) is 2.36. The number of aromatic nitrogens is 3. The fraction of sp³-hybridized carbons (Fsp3) is 0.235. The number of aliphatic imine (C=N–C) groups is 1. The van der Waals surface area contributed by atoms with Crippen LogP contribution in [0, 0.1) is 0 Å². The van der Waals surface area contributed by atoms with Crippen molar-refractivity contribution in [3.63, 3.8) is 0 Å². The minimum atomic E-state index is 0. The van der Waals surface area contributed by atoms with E-state index in [2.05, 4.69) is 25.8 Å². The lowest BCUT2D eigenvalue weighted by Gasteiger charge is -2.11. The molecular formula is C17H20ClIN6. The second kappa shape index (κ2) is 9.57. The quantitative estimate of drug-likeness (QED) is 0.342. The molecule has 2 heterocycles. The highest BCUT2D eigenvalue weighted by molar-refractivity contribution is 14.0. The summed E-state index contributed by atoms with van der Waals surface area (Å²) >= 11 is 5.89. The molecule has 0 aliphatic heterocycles. The third kappa shape index (κ3) is 5.30. The highest BCUT2D eigenvalue weighted by atomic mass is 127. The van der Waals surface area contributed by atoms with Crippen LogP contribution in [0.15, 0.2) is 53.7 Å². The van der Waals surface area contributed by atoms with Gasteiger partial charge in [-0.25, -0.2) is 0 Å². The van der Waals surface area contributed by atoms with E-state index in [1.807, 2.05) is 53.1 Å². The standard InChI is InChI=1S/C17H19ClN6.HI/c1-19-17(21-12-13-5-7-14(18)8-6-13)20-10-9-16-23-22-15-4-2-3-11-24(15)16;/h2-8,11H,9-10,12H2,1H3,(H2,19,20,21);1H. The molecule has 0 fully saturated rings. The van der Waals surface area contributed by atoms with Crippen LogP contribution in [0.3, 0.4) is 0 Å². The van der Waals surface area contributed by atoms with E-state index < -0.39 is 0 Å². The van der Waals surface area contributed by atoms with E-state index in [0.29, 0.717) is 6.54 Å². The topological polar surface area (TPSA) is 66.6 Å². The Kier molecular flexibility index (Phi) is 7.45. The maximum absolute atomic E-state index is 5.89. The Bertz CT molecular complexity index is 831. The Balaban J connectivity index is 0.00000225. The van der Waals surface area contributed by atoms with Crippen molar-refractivity contribution in [2.24, 2.45) is 4.99 Å². The van der Waals surface area contributed by atoms with Gasteiger partial charge in [-0.15, -0.1) is 34.2 Å². The van der Waals surface area contributed by atoms with Crippen LogP contribution in [0.4, 0.5) is 0 Å². The summed E-state index contributed by atoms with van der Waals surface area (Å²) in [5, 5.41) is 15.7. The van der Waals surface area contributed by atoms with Gasteiger partial charge in [0.1, 0.15) is 5.82 Å². The molecule has 0 radical (unpaired) electrons. The molecule has 2 N–H and O–H groups in total. The monoisotopic (exact) mass is 470 g/mol. The second-order valence-corrected chi connectivity index (χ2v) is 5.71. The number of halogens is 2. The Morgan fingerprint density at radius 2 is 1.92 bits per heavy atom. The van der Waals surface area contributed by atoms with Crippen LogP contribution in [-0.2, 0) is 13.0 Å². The molecule has 0 saturated carbocycles. The van der Waals surface area contributed by atoms with Crippen LogP contribution in [0.25, 0.3) is 5.65 Å². The molecule has 8 heteroatoms. The van der Waals surface area contributed by atoms with Crippen LogP contribution >= 0.6 is 35.6 Å². The van der Waals surface area contributed by atoms with Crippen molar-refractivity contribution in [2.75, 3.05) is 13.6 Å².